The van der Waals surface area contributed by atoms with Crippen LogP contribution in [0.15, 0.2) is 45.4 Å². The minimum Gasteiger partial charge on any atom is -0.238 e. The van der Waals surface area contributed by atoms with Gasteiger partial charge in [0.1, 0.15) is 0 Å². The molecule has 0 bridgehead atoms. The van der Waals surface area contributed by atoms with E-state index in [9.17, 15) is 0 Å². The van der Waals surface area contributed by atoms with E-state index < -0.39 is 0 Å². The quantitative estimate of drug-likeness (QED) is 0.571. The van der Waals surface area contributed by atoms with Crippen LogP contribution in [0.1, 0.15) is 0 Å². The van der Waals surface area contributed by atoms with Crippen molar-refractivity contribution in [3.63, 3.8) is 0 Å². The van der Waals surface area contributed by atoms with Crippen molar-refractivity contribution in [2.24, 2.45) is 0 Å². The monoisotopic (exact) mass is 289 g/mol. The molecule has 0 aliphatic carbocycles. The van der Waals surface area contributed by atoms with Gasteiger partial charge in [-0.3, -0.25) is 0 Å². The number of hydrogen-bond donors (Lipinski definition) is 0. The van der Waals surface area contributed by atoms with E-state index in [1.165, 1.54) is 4.21 Å². The summed E-state index contributed by atoms with van der Waals surface area (Å²) in [7, 11) is 0. The first-order valence-electron chi connectivity index (χ1n) is 4.16. The fraction of sp³-hybridized carbons (Fsp3) is 0.200. The zero-order valence-electron chi connectivity index (χ0n) is 7.78. The van der Waals surface area contributed by atoms with E-state index in [4.69, 9.17) is 0 Å². The second-order valence-corrected chi connectivity index (χ2v) is 6.43. The van der Waals surface area contributed by atoms with Crippen LogP contribution >= 0.6 is 39.2 Å². The Morgan fingerprint density at radius 2 is 2.00 bits per heavy atom. The summed E-state index contributed by atoms with van der Waals surface area (Å²) in [4.78, 5) is 0. The lowest BCUT2D eigenvalue weighted by Gasteiger charge is -2.15. The molecule has 1 heterocycles. The van der Waals surface area contributed by atoms with Gasteiger partial charge in [-0.05, 0) is 40.0 Å². The van der Waals surface area contributed by atoms with Crippen molar-refractivity contribution in [3.05, 3.63) is 41.2 Å². The molecule has 0 aromatic carbocycles. The van der Waals surface area contributed by atoms with Gasteiger partial charge in [-0.15, -0.1) is 24.5 Å². The van der Waals surface area contributed by atoms with E-state index in [1.54, 1.807) is 23.3 Å². The SMILES string of the molecule is C=CCN(CC=C)Sc1ccc(Br)s1. The minimum absolute atomic E-state index is 0.867. The number of hydrogen-bond acceptors (Lipinski definition) is 3. The van der Waals surface area contributed by atoms with Gasteiger partial charge in [-0.2, -0.15) is 0 Å². The molecule has 1 nitrogen and oxygen atoms in total. The van der Waals surface area contributed by atoms with Crippen molar-refractivity contribution in [1.82, 2.24) is 4.31 Å². The molecule has 0 atom stereocenters. The van der Waals surface area contributed by atoms with Gasteiger partial charge in [0.05, 0.1) is 8.00 Å². The molecule has 0 saturated carbocycles. The van der Waals surface area contributed by atoms with Crippen LogP contribution in [-0.2, 0) is 0 Å². The van der Waals surface area contributed by atoms with Crippen molar-refractivity contribution in [2.75, 3.05) is 13.1 Å². The van der Waals surface area contributed by atoms with Crippen LogP contribution in [0, 0.1) is 0 Å². The number of rotatable bonds is 6. The van der Waals surface area contributed by atoms with Crippen molar-refractivity contribution in [1.29, 1.82) is 0 Å². The molecule has 0 aliphatic rings. The highest BCUT2D eigenvalue weighted by Crippen LogP contribution is 2.32. The third kappa shape index (κ3) is 4.00. The van der Waals surface area contributed by atoms with Crippen LogP contribution in [0.5, 0.6) is 0 Å². The normalized spacial score (nSPS) is 10.4. The summed E-state index contributed by atoms with van der Waals surface area (Å²) >= 11 is 6.92. The highest BCUT2D eigenvalue weighted by molar-refractivity contribution is 9.11. The molecule has 0 amide bonds. The number of nitrogens with zero attached hydrogens (tertiary/aromatic N) is 1. The van der Waals surface area contributed by atoms with Crippen molar-refractivity contribution < 1.29 is 0 Å². The van der Waals surface area contributed by atoms with Gasteiger partial charge in [-0.1, -0.05) is 12.2 Å². The Morgan fingerprint density at radius 3 is 2.43 bits per heavy atom. The van der Waals surface area contributed by atoms with E-state index >= 15 is 0 Å². The largest absolute Gasteiger partial charge is 0.238 e. The molecule has 14 heavy (non-hydrogen) atoms. The molecule has 1 aromatic rings. The van der Waals surface area contributed by atoms with E-state index in [-0.39, 0.29) is 0 Å². The van der Waals surface area contributed by atoms with Crippen molar-refractivity contribution in [3.8, 4) is 0 Å². The fourth-order valence-corrected chi connectivity index (χ4v) is 3.83. The molecule has 1 rings (SSSR count). The summed E-state index contributed by atoms with van der Waals surface area (Å²) in [6.45, 7) is 9.20. The topological polar surface area (TPSA) is 3.24 Å². The molecule has 0 saturated heterocycles. The predicted octanol–water partition coefficient (Wildman–Crippen LogP) is 4.19. The van der Waals surface area contributed by atoms with Crippen LogP contribution < -0.4 is 0 Å². The molecule has 0 unspecified atom stereocenters. The van der Waals surface area contributed by atoms with E-state index in [0.29, 0.717) is 0 Å². The van der Waals surface area contributed by atoms with Gasteiger partial charge >= 0.3 is 0 Å². The predicted molar refractivity (Wildman–Crippen MR) is 69.8 cm³/mol. The van der Waals surface area contributed by atoms with Gasteiger partial charge in [0.2, 0.25) is 0 Å². The van der Waals surface area contributed by atoms with E-state index in [0.717, 1.165) is 16.9 Å². The fourth-order valence-electron chi connectivity index (χ4n) is 0.911. The van der Waals surface area contributed by atoms with Crippen LogP contribution in [0.4, 0.5) is 0 Å². The molecular formula is C10H12BrNS2. The molecule has 0 radical (unpaired) electrons. The molecule has 76 valence electrons. The highest BCUT2D eigenvalue weighted by atomic mass is 79.9. The Kier molecular flexibility index (Phi) is 5.55. The lowest BCUT2D eigenvalue weighted by molar-refractivity contribution is 0.580. The first kappa shape index (κ1) is 12.0. The van der Waals surface area contributed by atoms with E-state index in [1.807, 2.05) is 12.2 Å². The summed E-state index contributed by atoms with van der Waals surface area (Å²) < 4.78 is 4.65. The summed E-state index contributed by atoms with van der Waals surface area (Å²) in [6, 6.07) is 4.17. The Bertz CT molecular complexity index is 299. The minimum atomic E-state index is 0.867. The van der Waals surface area contributed by atoms with Crippen LogP contribution in [0.3, 0.4) is 0 Å². The standard InChI is InChI=1S/C10H12BrNS2/c1-3-7-12(8-4-2)14-10-6-5-9(11)13-10/h3-6H,1-2,7-8H2. The maximum atomic E-state index is 3.73. The van der Waals surface area contributed by atoms with Gasteiger partial charge < -0.3 is 0 Å². The summed E-state index contributed by atoms with van der Waals surface area (Å²) in [5.74, 6) is 0. The van der Waals surface area contributed by atoms with Gasteiger partial charge in [-0.25, -0.2) is 4.31 Å². The molecular weight excluding hydrogens is 278 g/mol. The third-order valence-electron chi connectivity index (χ3n) is 1.43. The average molecular weight is 290 g/mol. The Morgan fingerprint density at radius 1 is 1.36 bits per heavy atom. The molecule has 0 spiro atoms. The third-order valence-corrected chi connectivity index (χ3v) is 4.20. The smallest absolute Gasteiger partial charge is 0.0765 e. The molecule has 0 fully saturated rings. The number of thiophene rings is 1. The summed E-state index contributed by atoms with van der Waals surface area (Å²) in [6.07, 6.45) is 3.80. The highest BCUT2D eigenvalue weighted by Gasteiger charge is 2.05. The first-order chi connectivity index (χ1) is 6.76. The summed E-state index contributed by atoms with van der Waals surface area (Å²) in [5, 5.41) is 0. The van der Waals surface area contributed by atoms with Crippen molar-refractivity contribution in [2.45, 2.75) is 4.21 Å². The summed E-state index contributed by atoms with van der Waals surface area (Å²) in [5.41, 5.74) is 0. The molecule has 4 heteroatoms. The lowest BCUT2D eigenvalue weighted by atomic mass is 10.5. The zero-order valence-corrected chi connectivity index (χ0v) is 11.0. The van der Waals surface area contributed by atoms with E-state index in [2.05, 4.69) is 45.5 Å². The van der Waals surface area contributed by atoms with Gasteiger partial charge in [0, 0.05) is 13.1 Å². The van der Waals surface area contributed by atoms with Crippen LogP contribution in [0.2, 0.25) is 0 Å². The van der Waals surface area contributed by atoms with Gasteiger partial charge in [0.25, 0.3) is 0 Å². The van der Waals surface area contributed by atoms with Gasteiger partial charge in [0.15, 0.2) is 0 Å². The van der Waals surface area contributed by atoms with Crippen LogP contribution in [-0.4, -0.2) is 17.4 Å². The average Bonchev–Trinajstić information content (AvgIpc) is 2.52. The zero-order chi connectivity index (χ0) is 10.4. The maximum Gasteiger partial charge on any atom is 0.0765 e. The first-order valence-corrected chi connectivity index (χ1v) is 6.54. The molecule has 0 N–H and O–H groups in total. The number of halogens is 1. The Balaban J connectivity index is 2.53. The maximum absolute atomic E-state index is 3.73. The Hall–Kier alpha value is -0.0300. The van der Waals surface area contributed by atoms with Crippen molar-refractivity contribution >= 4 is 39.2 Å². The lowest BCUT2D eigenvalue weighted by Crippen LogP contribution is -2.14. The second-order valence-electron chi connectivity index (χ2n) is 2.57. The molecule has 1 aromatic heterocycles. The second kappa shape index (κ2) is 6.45. The van der Waals surface area contributed by atoms with Crippen LogP contribution in [0.25, 0.3) is 0 Å². The Labute approximate surface area is 102 Å². The molecule has 0 aliphatic heterocycles.